The lowest BCUT2D eigenvalue weighted by atomic mass is 9.94. The van der Waals surface area contributed by atoms with Crippen LogP contribution in [-0.4, -0.2) is 46.4 Å². The van der Waals surface area contributed by atoms with E-state index in [-0.39, 0.29) is 25.2 Å². The summed E-state index contributed by atoms with van der Waals surface area (Å²) in [5.74, 6) is -1.71. The number of nitriles is 1. The Labute approximate surface area is 178 Å². The lowest BCUT2D eigenvalue weighted by Gasteiger charge is -2.36. The molecule has 2 rings (SSSR count). The molecule has 0 bridgehead atoms. The van der Waals surface area contributed by atoms with Crippen molar-refractivity contribution in [3.8, 4) is 6.07 Å². The zero-order valence-electron chi connectivity index (χ0n) is 17.1. The van der Waals surface area contributed by atoms with Gasteiger partial charge in [-0.2, -0.15) is 5.26 Å². The Hall–Kier alpha value is -1.78. The summed E-state index contributed by atoms with van der Waals surface area (Å²) in [6.07, 6.45) is -0.0539. The molecule has 1 aliphatic rings. The number of ether oxygens (including phenoxy) is 1. The maximum absolute atomic E-state index is 14.8. The summed E-state index contributed by atoms with van der Waals surface area (Å²) in [4.78, 5) is 10.5. The number of non-ortho nitro benzene ring substituents is 1. The molecule has 0 aromatic heterocycles. The van der Waals surface area contributed by atoms with E-state index in [0.29, 0.717) is 0 Å². The van der Waals surface area contributed by atoms with Gasteiger partial charge in [0.2, 0.25) is 0 Å². The Morgan fingerprint density at radius 3 is 2.50 bits per heavy atom. The Bertz CT molecular complexity index is 967. The SMILES string of the molecule is CC(C)(C)[S@@+]([O-])N[C@@](C)(CS(=O)(=O)[C@]1(C#N)CCOC1)c1cc([N+](=O)[O-])ccc1F. The molecule has 12 heteroatoms. The highest BCUT2D eigenvalue weighted by Gasteiger charge is 2.52. The van der Waals surface area contributed by atoms with Gasteiger partial charge in [0.1, 0.15) is 16.1 Å². The van der Waals surface area contributed by atoms with E-state index in [1.54, 1.807) is 26.8 Å². The van der Waals surface area contributed by atoms with E-state index in [1.165, 1.54) is 6.92 Å². The third-order valence-electron chi connectivity index (χ3n) is 4.89. The first-order valence-corrected chi connectivity index (χ1v) is 11.8. The van der Waals surface area contributed by atoms with Crippen LogP contribution in [0.2, 0.25) is 0 Å². The maximum Gasteiger partial charge on any atom is 0.269 e. The first-order valence-electron chi connectivity index (χ1n) is 9.03. The lowest BCUT2D eigenvalue weighted by Crippen LogP contribution is -2.56. The molecule has 0 spiro atoms. The average Bonchev–Trinajstić information content (AvgIpc) is 3.11. The van der Waals surface area contributed by atoms with Crippen molar-refractivity contribution in [1.82, 2.24) is 4.72 Å². The van der Waals surface area contributed by atoms with Crippen LogP contribution < -0.4 is 4.72 Å². The van der Waals surface area contributed by atoms with E-state index in [0.717, 1.165) is 18.2 Å². The van der Waals surface area contributed by atoms with Gasteiger partial charge in [-0.1, -0.05) is 0 Å². The number of halogens is 1. The smallest absolute Gasteiger partial charge is 0.269 e. The maximum atomic E-state index is 14.8. The Kier molecular flexibility index (Phi) is 6.85. The van der Waals surface area contributed by atoms with Crippen LogP contribution in [0, 0.1) is 27.3 Å². The minimum Gasteiger partial charge on any atom is -0.598 e. The molecule has 1 N–H and O–H groups in total. The van der Waals surface area contributed by atoms with Crippen molar-refractivity contribution in [2.75, 3.05) is 19.0 Å². The van der Waals surface area contributed by atoms with Gasteiger partial charge in [-0.25, -0.2) is 12.8 Å². The van der Waals surface area contributed by atoms with E-state index >= 15 is 0 Å². The number of benzene rings is 1. The fourth-order valence-electron chi connectivity index (χ4n) is 3.04. The predicted molar refractivity (Wildman–Crippen MR) is 109 cm³/mol. The highest BCUT2D eigenvalue weighted by Crippen LogP contribution is 2.36. The van der Waals surface area contributed by atoms with Gasteiger partial charge < -0.3 is 9.29 Å². The van der Waals surface area contributed by atoms with Gasteiger partial charge in [0.15, 0.2) is 14.6 Å². The highest BCUT2D eigenvalue weighted by molar-refractivity contribution is 7.93. The van der Waals surface area contributed by atoms with Gasteiger partial charge in [0, 0.05) is 42.1 Å². The molecule has 0 radical (unpaired) electrons. The molecule has 166 valence electrons. The standard InChI is InChI=1S/C18H24FN3O6S2/c1-16(2,3)29(25)21-17(4,14-9-13(22(23)24)5-6-15(14)19)12-30(26,27)18(10-20)7-8-28-11-18/h5-6,9,21H,7-8,11-12H2,1-4H3/t17-,18-,29+/m0/s1. The van der Waals surface area contributed by atoms with E-state index in [4.69, 9.17) is 4.74 Å². The van der Waals surface area contributed by atoms with Crippen LogP contribution in [0.4, 0.5) is 10.1 Å². The fourth-order valence-corrected chi connectivity index (χ4v) is 6.09. The normalized spacial score (nSPS) is 22.8. The van der Waals surface area contributed by atoms with E-state index in [9.17, 15) is 32.7 Å². The lowest BCUT2D eigenvalue weighted by molar-refractivity contribution is -0.385. The zero-order chi connectivity index (χ0) is 23.0. The monoisotopic (exact) mass is 461 g/mol. The van der Waals surface area contributed by atoms with Gasteiger partial charge in [-0.05, 0) is 33.8 Å². The van der Waals surface area contributed by atoms with Crippen LogP contribution in [-0.2, 0) is 31.5 Å². The molecule has 1 aliphatic heterocycles. The number of hydrogen-bond donors (Lipinski definition) is 1. The quantitative estimate of drug-likeness (QED) is 0.369. The van der Waals surface area contributed by atoms with Crippen molar-refractivity contribution in [3.63, 3.8) is 0 Å². The number of rotatable bonds is 7. The van der Waals surface area contributed by atoms with Crippen LogP contribution in [0.3, 0.4) is 0 Å². The third kappa shape index (κ3) is 4.76. The molecule has 0 saturated carbocycles. The molecule has 1 saturated heterocycles. The Morgan fingerprint density at radius 2 is 2.03 bits per heavy atom. The summed E-state index contributed by atoms with van der Waals surface area (Å²) in [7, 11) is -4.24. The minimum absolute atomic E-state index is 0.0539. The van der Waals surface area contributed by atoms with Crippen LogP contribution in [0.1, 0.15) is 39.7 Å². The summed E-state index contributed by atoms with van der Waals surface area (Å²) in [5, 5.41) is 20.7. The van der Waals surface area contributed by atoms with Gasteiger partial charge in [0.05, 0.1) is 23.4 Å². The number of nitrogens with one attached hydrogen (secondary N) is 1. The third-order valence-corrected chi connectivity index (χ3v) is 9.20. The molecule has 3 atom stereocenters. The molecule has 1 heterocycles. The van der Waals surface area contributed by atoms with Crippen molar-refractivity contribution in [2.24, 2.45) is 0 Å². The minimum atomic E-state index is -4.24. The van der Waals surface area contributed by atoms with Crippen molar-refractivity contribution in [1.29, 1.82) is 5.26 Å². The van der Waals surface area contributed by atoms with Gasteiger partial charge in [0.25, 0.3) is 5.69 Å². The summed E-state index contributed by atoms with van der Waals surface area (Å²) < 4.78 is 59.1. The molecule has 30 heavy (non-hydrogen) atoms. The molecular weight excluding hydrogens is 437 g/mol. The first kappa shape index (κ1) is 24.5. The van der Waals surface area contributed by atoms with Gasteiger partial charge >= 0.3 is 0 Å². The summed E-state index contributed by atoms with van der Waals surface area (Å²) in [5.41, 5.74) is -2.60. The summed E-state index contributed by atoms with van der Waals surface area (Å²) in [6.45, 7) is 5.96. The van der Waals surface area contributed by atoms with E-state index < -0.39 is 58.4 Å². The van der Waals surface area contributed by atoms with Gasteiger partial charge in [-0.3, -0.25) is 10.1 Å². The van der Waals surface area contributed by atoms with Gasteiger partial charge in [-0.15, -0.1) is 4.72 Å². The Morgan fingerprint density at radius 1 is 1.40 bits per heavy atom. The highest BCUT2D eigenvalue weighted by atomic mass is 32.2. The molecule has 0 unspecified atom stereocenters. The van der Waals surface area contributed by atoms with Crippen LogP contribution in [0.15, 0.2) is 18.2 Å². The fraction of sp³-hybridized carbons (Fsp3) is 0.611. The van der Waals surface area contributed by atoms with Crippen LogP contribution in [0.5, 0.6) is 0 Å². The topological polar surface area (TPSA) is 145 Å². The molecule has 0 amide bonds. The van der Waals surface area contributed by atoms with Crippen molar-refractivity contribution in [3.05, 3.63) is 39.7 Å². The predicted octanol–water partition coefficient (Wildman–Crippen LogP) is 2.10. The second-order valence-corrected chi connectivity index (χ2v) is 12.7. The van der Waals surface area contributed by atoms with Crippen molar-refractivity contribution >= 4 is 26.9 Å². The second-order valence-electron chi connectivity index (χ2n) is 8.40. The van der Waals surface area contributed by atoms with E-state index in [1.807, 2.05) is 0 Å². The van der Waals surface area contributed by atoms with Crippen molar-refractivity contribution < 1.29 is 27.0 Å². The molecule has 1 aromatic carbocycles. The van der Waals surface area contributed by atoms with Crippen LogP contribution >= 0.6 is 0 Å². The number of hydrogen-bond acceptors (Lipinski definition) is 8. The number of nitro groups is 1. The first-order chi connectivity index (χ1) is 13.7. The average molecular weight is 462 g/mol. The molecule has 1 fully saturated rings. The molecule has 1 aromatic rings. The Balaban J connectivity index is 2.62. The number of nitrogens with zero attached hydrogens (tertiary/aromatic N) is 2. The molecular formula is C18H24FN3O6S2. The molecule has 0 aliphatic carbocycles. The van der Waals surface area contributed by atoms with Crippen molar-refractivity contribution in [2.45, 2.75) is 49.1 Å². The second kappa shape index (κ2) is 8.39. The molecule has 9 nitrogen and oxygen atoms in total. The van der Waals surface area contributed by atoms with Crippen LogP contribution in [0.25, 0.3) is 0 Å². The summed E-state index contributed by atoms with van der Waals surface area (Å²) >= 11 is -1.85. The number of nitro benzene ring substituents is 1. The summed E-state index contributed by atoms with van der Waals surface area (Å²) in [6, 6.07) is 4.53. The zero-order valence-corrected chi connectivity index (χ0v) is 18.7. The van der Waals surface area contributed by atoms with E-state index in [2.05, 4.69) is 4.72 Å². The number of sulfone groups is 1. The largest absolute Gasteiger partial charge is 0.598 e.